The van der Waals surface area contributed by atoms with Crippen LogP contribution in [-0.4, -0.2) is 53.3 Å². The van der Waals surface area contributed by atoms with E-state index in [1.807, 2.05) is 30.3 Å². The summed E-state index contributed by atoms with van der Waals surface area (Å²) in [5.74, 6) is 1.02. The number of amides is 2. The molecular weight excluding hydrogens is 338 g/mol. The van der Waals surface area contributed by atoms with Crippen LogP contribution in [0.4, 0.5) is 0 Å². The molecule has 0 unspecified atom stereocenters. The van der Waals surface area contributed by atoms with Gasteiger partial charge in [0.25, 0.3) is 5.91 Å². The molecule has 0 radical (unpaired) electrons. The number of primary amides is 1. The predicted molar refractivity (Wildman–Crippen MR) is 105 cm³/mol. The van der Waals surface area contributed by atoms with Gasteiger partial charge in [0.15, 0.2) is 0 Å². The Bertz CT molecular complexity index is 675. The third-order valence-electron chi connectivity index (χ3n) is 6.88. The van der Waals surface area contributed by atoms with Crippen LogP contribution in [0, 0.1) is 11.8 Å². The minimum Gasteiger partial charge on any atom is -0.370 e. The van der Waals surface area contributed by atoms with Gasteiger partial charge in [0, 0.05) is 30.6 Å². The lowest BCUT2D eigenvalue weighted by molar-refractivity contribution is -0.118. The second kappa shape index (κ2) is 8.01. The Kier molecular flexibility index (Phi) is 5.48. The predicted octanol–water partition coefficient (Wildman–Crippen LogP) is 2.66. The van der Waals surface area contributed by atoms with E-state index in [1.165, 1.54) is 38.8 Å². The van der Waals surface area contributed by atoms with Gasteiger partial charge in [-0.25, -0.2) is 0 Å². The molecule has 0 spiro atoms. The summed E-state index contributed by atoms with van der Waals surface area (Å²) in [6.45, 7) is 3.27. The van der Waals surface area contributed by atoms with Crippen molar-refractivity contribution in [1.82, 2.24) is 9.80 Å². The third-order valence-corrected chi connectivity index (χ3v) is 6.88. The average Bonchev–Trinajstić information content (AvgIpc) is 2.69. The largest absolute Gasteiger partial charge is 0.370 e. The van der Waals surface area contributed by atoms with Gasteiger partial charge in [-0.3, -0.25) is 14.5 Å². The summed E-state index contributed by atoms with van der Waals surface area (Å²) < 4.78 is 0. The number of piperidine rings is 3. The molecule has 2 amide bonds. The first-order chi connectivity index (χ1) is 13.1. The molecule has 1 aromatic rings. The molecule has 4 atom stereocenters. The zero-order valence-corrected chi connectivity index (χ0v) is 16.1. The van der Waals surface area contributed by atoms with Crippen molar-refractivity contribution in [2.45, 2.75) is 57.0 Å². The number of benzene rings is 1. The molecule has 3 saturated heterocycles. The van der Waals surface area contributed by atoms with E-state index in [1.54, 1.807) is 0 Å². The average molecular weight is 370 g/mol. The van der Waals surface area contributed by atoms with E-state index in [4.69, 9.17) is 5.73 Å². The van der Waals surface area contributed by atoms with Crippen molar-refractivity contribution in [2.75, 3.05) is 19.6 Å². The molecule has 3 heterocycles. The van der Waals surface area contributed by atoms with Crippen LogP contribution in [-0.2, 0) is 4.79 Å². The van der Waals surface area contributed by atoms with Gasteiger partial charge in [0.05, 0.1) is 0 Å². The lowest BCUT2D eigenvalue weighted by Crippen LogP contribution is -2.65. The van der Waals surface area contributed by atoms with Crippen molar-refractivity contribution < 1.29 is 9.59 Å². The highest BCUT2D eigenvalue weighted by molar-refractivity contribution is 5.94. The van der Waals surface area contributed by atoms with Gasteiger partial charge in [-0.15, -0.1) is 0 Å². The van der Waals surface area contributed by atoms with Crippen molar-refractivity contribution in [3.63, 3.8) is 0 Å². The standard InChI is InChI=1S/C22H31N3O2/c23-20(26)12-4-11-19-18-10-6-14-24-13-5-9-17(21(18)24)15-25(19)22(27)16-7-2-1-3-8-16/h1-3,7-8,17-19,21H,4-6,9-15H2,(H2,23,26)/t17-,18+,19+,21-/m0/s1. The summed E-state index contributed by atoms with van der Waals surface area (Å²) in [5.41, 5.74) is 6.15. The van der Waals surface area contributed by atoms with Crippen molar-refractivity contribution in [2.24, 2.45) is 17.6 Å². The van der Waals surface area contributed by atoms with Gasteiger partial charge in [0.2, 0.25) is 5.91 Å². The van der Waals surface area contributed by atoms with Gasteiger partial charge >= 0.3 is 0 Å². The molecule has 0 saturated carbocycles. The van der Waals surface area contributed by atoms with Gasteiger partial charge < -0.3 is 10.6 Å². The molecule has 2 N–H and O–H groups in total. The molecule has 146 valence electrons. The highest BCUT2D eigenvalue weighted by Gasteiger charge is 2.49. The van der Waals surface area contributed by atoms with Crippen LogP contribution >= 0.6 is 0 Å². The minimum absolute atomic E-state index is 0.154. The lowest BCUT2D eigenvalue weighted by atomic mass is 9.69. The fraction of sp³-hybridized carbons (Fsp3) is 0.636. The quantitative estimate of drug-likeness (QED) is 0.868. The summed E-state index contributed by atoms with van der Waals surface area (Å²) in [5, 5.41) is 0. The van der Waals surface area contributed by atoms with E-state index in [-0.39, 0.29) is 17.9 Å². The van der Waals surface area contributed by atoms with Crippen LogP contribution in [0.25, 0.3) is 0 Å². The molecule has 27 heavy (non-hydrogen) atoms. The van der Waals surface area contributed by atoms with Gasteiger partial charge in [-0.2, -0.15) is 0 Å². The molecule has 5 heteroatoms. The molecule has 4 rings (SSSR count). The zero-order chi connectivity index (χ0) is 18.8. The van der Waals surface area contributed by atoms with Crippen LogP contribution in [0.2, 0.25) is 0 Å². The van der Waals surface area contributed by atoms with E-state index in [0.29, 0.717) is 24.3 Å². The molecule has 1 aromatic carbocycles. The lowest BCUT2D eigenvalue weighted by Gasteiger charge is -2.57. The van der Waals surface area contributed by atoms with E-state index >= 15 is 0 Å². The molecular formula is C22H31N3O2. The Hall–Kier alpha value is -1.88. The molecule has 3 fully saturated rings. The van der Waals surface area contributed by atoms with E-state index in [9.17, 15) is 9.59 Å². The highest BCUT2D eigenvalue weighted by atomic mass is 16.2. The number of rotatable bonds is 5. The summed E-state index contributed by atoms with van der Waals surface area (Å²) in [6.07, 6.45) is 6.94. The number of carbonyl (C=O) groups is 2. The first-order valence-corrected chi connectivity index (χ1v) is 10.5. The molecule has 0 bridgehead atoms. The zero-order valence-electron chi connectivity index (χ0n) is 16.1. The maximum atomic E-state index is 13.4. The van der Waals surface area contributed by atoms with Crippen LogP contribution in [0.15, 0.2) is 30.3 Å². The number of nitrogens with zero attached hydrogens (tertiary/aromatic N) is 2. The summed E-state index contributed by atoms with van der Waals surface area (Å²) >= 11 is 0. The van der Waals surface area contributed by atoms with E-state index in [0.717, 1.165) is 24.9 Å². The minimum atomic E-state index is -0.243. The van der Waals surface area contributed by atoms with Gasteiger partial charge in [-0.05, 0) is 75.6 Å². The van der Waals surface area contributed by atoms with Crippen LogP contribution in [0.1, 0.15) is 55.3 Å². The first-order valence-electron chi connectivity index (χ1n) is 10.5. The fourth-order valence-electron chi connectivity index (χ4n) is 5.83. The van der Waals surface area contributed by atoms with Crippen molar-refractivity contribution in [3.8, 4) is 0 Å². The maximum absolute atomic E-state index is 13.4. The Morgan fingerprint density at radius 1 is 1.07 bits per heavy atom. The van der Waals surface area contributed by atoms with Crippen LogP contribution in [0.5, 0.6) is 0 Å². The monoisotopic (exact) mass is 369 g/mol. The molecule has 3 aliphatic heterocycles. The molecule has 0 aromatic heterocycles. The SMILES string of the molecule is NC(=O)CCC[C@@H]1[C@H]2CCCN3CCC[C@@H](CN1C(=O)c1ccccc1)[C@@H]23. The second-order valence-electron chi connectivity index (χ2n) is 8.48. The van der Waals surface area contributed by atoms with Gasteiger partial charge in [0.1, 0.15) is 0 Å². The molecule has 3 aliphatic rings. The van der Waals surface area contributed by atoms with E-state index in [2.05, 4.69) is 9.80 Å². The Balaban J connectivity index is 1.60. The van der Waals surface area contributed by atoms with E-state index < -0.39 is 0 Å². The number of hydrogen-bond donors (Lipinski definition) is 1. The Morgan fingerprint density at radius 2 is 1.81 bits per heavy atom. The third kappa shape index (κ3) is 3.75. The number of hydrogen-bond acceptors (Lipinski definition) is 3. The maximum Gasteiger partial charge on any atom is 0.254 e. The second-order valence-corrected chi connectivity index (χ2v) is 8.48. The van der Waals surface area contributed by atoms with Crippen LogP contribution in [0.3, 0.4) is 0 Å². The van der Waals surface area contributed by atoms with Crippen molar-refractivity contribution >= 4 is 11.8 Å². The Labute approximate surface area is 161 Å². The highest BCUT2D eigenvalue weighted by Crippen LogP contribution is 2.43. The first kappa shape index (κ1) is 18.5. The van der Waals surface area contributed by atoms with Gasteiger partial charge in [-0.1, -0.05) is 18.2 Å². The summed E-state index contributed by atoms with van der Waals surface area (Å²) in [6, 6.07) is 10.5. The molecule has 5 nitrogen and oxygen atoms in total. The smallest absolute Gasteiger partial charge is 0.254 e. The van der Waals surface area contributed by atoms with Crippen molar-refractivity contribution in [3.05, 3.63) is 35.9 Å². The van der Waals surface area contributed by atoms with Crippen LogP contribution < -0.4 is 5.73 Å². The summed E-state index contributed by atoms with van der Waals surface area (Å²) in [7, 11) is 0. The topological polar surface area (TPSA) is 66.6 Å². The molecule has 0 aliphatic carbocycles. The fourth-order valence-corrected chi connectivity index (χ4v) is 5.83. The number of likely N-dealkylation sites (tertiary alicyclic amines) is 1. The number of carbonyl (C=O) groups excluding carboxylic acids is 2. The Morgan fingerprint density at radius 3 is 2.56 bits per heavy atom. The normalized spacial score (nSPS) is 30.6. The summed E-state index contributed by atoms with van der Waals surface area (Å²) in [4.78, 5) is 29.5. The number of nitrogens with two attached hydrogens (primary N) is 1. The van der Waals surface area contributed by atoms with Crippen molar-refractivity contribution in [1.29, 1.82) is 0 Å².